The quantitative estimate of drug-likeness (QED) is 0.708. The highest BCUT2D eigenvalue weighted by Crippen LogP contribution is 2.38. The van der Waals surface area contributed by atoms with Crippen molar-refractivity contribution < 1.29 is 23.9 Å². The number of nitrogens with one attached hydrogen (secondary N) is 1. The van der Waals surface area contributed by atoms with E-state index in [1.807, 2.05) is 29.2 Å². The highest BCUT2D eigenvalue weighted by molar-refractivity contribution is 5.97. The third-order valence-corrected chi connectivity index (χ3v) is 7.41. The molecule has 36 heavy (non-hydrogen) atoms. The molecule has 2 bridgehead atoms. The summed E-state index contributed by atoms with van der Waals surface area (Å²) in [5, 5.41) is 2.84. The number of amides is 3. The number of benzene rings is 2. The third kappa shape index (κ3) is 5.32. The van der Waals surface area contributed by atoms with Gasteiger partial charge in [0.2, 0.25) is 5.91 Å². The van der Waals surface area contributed by atoms with Crippen LogP contribution in [0.2, 0.25) is 0 Å². The first-order valence-electron chi connectivity index (χ1n) is 12.6. The van der Waals surface area contributed by atoms with E-state index in [-0.39, 0.29) is 24.3 Å². The van der Waals surface area contributed by atoms with Crippen LogP contribution >= 0.6 is 0 Å². The van der Waals surface area contributed by atoms with E-state index in [1.54, 1.807) is 43.3 Å². The summed E-state index contributed by atoms with van der Waals surface area (Å²) in [5.74, 6) is 0.848. The van der Waals surface area contributed by atoms with Crippen molar-refractivity contribution in [2.45, 2.75) is 32.1 Å². The summed E-state index contributed by atoms with van der Waals surface area (Å²) >= 11 is 0. The Morgan fingerprint density at radius 3 is 2.42 bits per heavy atom. The Morgan fingerprint density at radius 2 is 1.67 bits per heavy atom. The summed E-state index contributed by atoms with van der Waals surface area (Å²) in [6, 6.07) is 14.4. The fourth-order valence-electron chi connectivity index (χ4n) is 5.27. The number of nitrogens with zero attached hydrogens (tertiary/aromatic N) is 2. The molecule has 0 atom stereocenters. The van der Waals surface area contributed by atoms with Crippen LogP contribution in [0.1, 0.15) is 52.8 Å². The molecule has 2 aromatic carbocycles. The summed E-state index contributed by atoms with van der Waals surface area (Å²) < 4.78 is 11.5. The number of ether oxygens (including phenoxy) is 2. The smallest absolute Gasteiger partial charge is 0.257 e. The van der Waals surface area contributed by atoms with Gasteiger partial charge in [-0.15, -0.1) is 0 Å². The number of hydrogen-bond donors (Lipinski definition) is 1. The minimum absolute atomic E-state index is 0.0320. The number of carbonyl (C=O) groups is 3. The van der Waals surface area contributed by atoms with Gasteiger partial charge in [0.05, 0.1) is 30.2 Å². The predicted molar refractivity (Wildman–Crippen MR) is 136 cm³/mol. The van der Waals surface area contributed by atoms with Gasteiger partial charge in [-0.3, -0.25) is 14.4 Å². The van der Waals surface area contributed by atoms with Crippen molar-refractivity contribution >= 4 is 17.7 Å². The molecule has 0 saturated carbocycles. The standard InChI is InChI=1S/C28H35N3O5/c1-29-27(34)28-13-7-8-16-30(25(32)21-9-3-5-11-23(21)35-2)19-20-36-24-12-6-4-10-22(24)26(33)31(17-14-28)18-15-28/h3-6,9-12H,7-8,13-20H2,1-2H3,(H,29,34). The maximum absolute atomic E-state index is 13.5. The Bertz CT molecular complexity index is 1090. The van der Waals surface area contributed by atoms with Crippen molar-refractivity contribution in [2.24, 2.45) is 5.41 Å². The zero-order valence-electron chi connectivity index (χ0n) is 21.1. The van der Waals surface area contributed by atoms with Gasteiger partial charge < -0.3 is 24.6 Å². The molecule has 1 saturated heterocycles. The van der Waals surface area contributed by atoms with Crippen LogP contribution in [0.15, 0.2) is 48.5 Å². The van der Waals surface area contributed by atoms with Gasteiger partial charge in [-0.2, -0.15) is 0 Å². The summed E-state index contributed by atoms with van der Waals surface area (Å²) in [6.07, 6.45) is 3.52. The summed E-state index contributed by atoms with van der Waals surface area (Å²) in [7, 11) is 3.23. The molecule has 3 aliphatic heterocycles. The summed E-state index contributed by atoms with van der Waals surface area (Å²) in [4.78, 5) is 43.4. The van der Waals surface area contributed by atoms with Gasteiger partial charge >= 0.3 is 0 Å². The summed E-state index contributed by atoms with van der Waals surface area (Å²) in [6.45, 7) is 2.21. The third-order valence-electron chi connectivity index (χ3n) is 7.41. The molecule has 0 aromatic heterocycles. The minimum atomic E-state index is -0.501. The van der Waals surface area contributed by atoms with Gasteiger partial charge in [0.15, 0.2) is 0 Å². The SMILES string of the molecule is CNC(=O)C12CCCCN(C(=O)c3ccccc3OC)CCOc3ccccc3C(=O)N(CC1)CC2. The monoisotopic (exact) mass is 493 g/mol. The maximum atomic E-state index is 13.5. The number of para-hydroxylation sites is 2. The molecule has 3 aliphatic rings. The van der Waals surface area contributed by atoms with Crippen LogP contribution in [0.5, 0.6) is 11.5 Å². The van der Waals surface area contributed by atoms with E-state index in [0.29, 0.717) is 61.6 Å². The fourth-order valence-corrected chi connectivity index (χ4v) is 5.27. The zero-order valence-corrected chi connectivity index (χ0v) is 21.1. The molecule has 8 heteroatoms. The molecule has 1 fully saturated rings. The lowest BCUT2D eigenvalue weighted by Gasteiger charge is -2.40. The second-order valence-electron chi connectivity index (χ2n) is 9.45. The van der Waals surface area contributed by atoms with Crippen molar-refractivity contribution in [3.8, 4) is 11.5 Å². The summed E-state index contributed by atoms with van der Waals surface area (Å²) in [5.41, 5.74) is 0.503. The van der Waals surface area contributed by atoms with E-state index >= 15 is 0 Å². The number of fused-ring (bicyclic) bond motifs is 9. The average Bonchev–Trinajstić information content (AvgIpc) is 2.93. The van der Waals surface area contributed by atoms with Crippen LogP contribution < -0.4 is 14.8 Å². The van der Waals surface area contributed by atoms with Crippen LogP contribution in [0, 0.1) is 5.41 Å². The van der Waals surface area contributed by atoms with E-state index in [1.165, 1.54) is 0 Å². The van der Waals surface area contributed by atoms with Crippen molar-refractivity contribution in [2.75, 3.05) is 46.9 Å². The van der Waals surface area contributed by atoms with Gasteiger partial charge in [-0.25, -0.2) is 0 Å². The number of rotatable bonds is 3. The van der Waals surface area contributed by atoms with Crippen molar-refractivity contribution in [3.63, 3.8) is 0 Å². The lowest BCUT2D eigenvalue weighted by molar-refractivity contribution is -0.133. The van der Waals surface area contributed by atoms with Crippen LogP contribution in [0.25, 0.3) is 0 Å². The number of piperidine rings is 1. The highest BCUT2D eigenvalue weighted by Gasteiger charge is 2.41. The molecule has 8 nitrogen and oxygen atoms in total. The molecule has 2 aromatic rings. The Morgan fingerprint density at radius 1 is 0.944 bits per heavy atom. The number of hydrogen-bond acceptors (Lipinski definition) is 5. The molecule has 3 amide bonds. The van der Waals surface area contributed by atoms with Gasteiger partial charge in [0, 0.05) is 26.7 Å². The molecule has 0 spiro atoms. The van der Waals surface area contributed by atoms with Gasteiger partial charge in [0.1, 0.15) is 18.1 Å². The van der Waals surface area contributed by atoms with Crippen LogP contribution in [-0.4, -0.2) is 74.5 Å². The molecule has 3 heterocycles. The highest BCUT2D eigenvalue weighted by atomic mass is 16.5. The fraction of sp³-hybridized carbons (Fsp3) is 0.464. The normalized spacial score (nSPS) is 18.3. The topological polar surface area (TPSA) is 88.2 Å². The molecular weight excluding hydrogens is 458 g/mol. The molecule has 1 N–H and O–H groups in total. The van der Waals surface area contributed by atoms with Crippen molar-refractivity contribution in [1.29, 1.82) is 0 Å². The Labute approximate surface area is 212 Å². The first kappa shape index (κ1) is 25.5. The zero-order chi connectivity index (χ0) is 25.5. The number of methoxy groups -OCH3 is 1. The first-order valence-corrected chi connectivity index (χ1v) is 12.6. The molecule has 0 unspecified atom stereocenters. The Hall–Kier alpha value is -3.55. The van der Waals surface area contributed by atoms with Crippen LogP contribution in [0.4, 0.5) is 0 Å². The molecule has 192 valence electrons. The van der Waals surface area contributed by atoms with Crippen molar-refractivity contribution in [3.05, 3.63) is 59.7 Å². The van der Waals surface area contributed by atoms with Gasteiger partial charge in [-0.1, -0.05) is 30.7 Å². The first-order chi connectivity index (χ1) is 17.5. The Balaban J connectivity index is 1.62. The second kappa shape index (κ2) is 11.5. The molecule has 0 radical (unpaired) electrons. The second-order valence-corrected chi connectivity index (χ2v) is 9.45. The van der Waals surface area contributed by atoms with Crippen LogP contribution in [0.3, 0.4) is 0 Å². The lowest BCUT2D eigenvalue weighted by atomic mass is 9.73. The maximum Gasteiger partial charge on any atom is 0.257 e. The van der Waals surface area contributed by atoms with E-state index in [0.717, 1.165) is 19.3 Å². The minimum Gasteiger partial charge on any atom is -0.496 e. The van der Waals surface area contributed by atoms with E-state index in [2.05, 4.69) is 5.32 Å². The predicted octanol–water partition coefficient (Wildman–Crippen LogP) is 3.37. The molecular formula is C28H35N3O5. The van der Waals surface area contributed by atoms with Gasteiger partial charge in [-0.05, 0) is 49.9 Å². The Kier molecular flexibility index (Phi) is 8.13. The van der Waals surface area contributed by atoms with E-state index in [9.17, 15) is 14.4 Å². The van der Waals surface area contributed by atoms with Crippen LogP contribution in [-0.2, 0) is 4.79 Å². The van der Waals surface area contributed by atoms with E-state index in [4.69, 9.17) is 9.47 Å². The number of carbonyl (C=O) groups excluding carboxylic acids is 3. The molecule has 5 rings (SSSR count). The average molecular weight is 494 g/mol. The van der Waals surface area contributed by atoms with Crippen molar-refractivity contribution in [1.82, 2.24) is 15.1 Å². The molecule has 0 aliphatic carbocycles. The largest absolute Gasteiger partial charge is 0.496 e. The van der Waals surface area contributed by atoms with E-state index < -0.39 is 5.41 Å². The van der Waals surface area contributed by atoms with Gasteiger partial charge in [0.25, 0.3) is 11.8 Å². The lowest BCUT2D eigenvalue weighted by Crippen LogP contribution is -2.49.